The predicted octanol–water partition coefficient (Wildman–Crippen LogP) is 6.49. The zero-order valence-corrected chi connectivity index (χ0v) is 19.6. The van der Waals surface area contributed by atoms with Crippen LogP contribution in [0.1, 0.15) is 27.7 Å². The molecule has 8 nitrogen and oxygen atoms in total. The predicted molar refractivity (Wildman–Crippen MR) is 130 cm³/mol. The van der Waals surface area contributed by atoms with Crippen molar-refractivity contribution in [3.63, 3.8) is 0 Å². The summed E-state index contributed by atoms with van der Waals surface area (Å²) in [6.45, 7) is 8.00. The normalized spacial score (nSPS) is 9.91. The summed E-state index contributed by atoms with van der Waals surface area (Å²) in [7, 11) is 3.30. The molecule has 174 valence electrons. The highest BCUT2D eigenvalue weighted by molar-refractivity contribution is 5.95. The van der Waals surface area contributed by atoms with Gasteiger partial charge in [-0.2, -0.15) is 4.39 Å². The SMILES string of the molecule is CC.CC.COc1cc(F)c([N+](=O)[O-])cc1Nc1nccc(-c2cn(C)c3ccccc23)n1. The molecular formula is C24H28FN5O3. The van der Waals surface area contributed by atoms with Gasteiger partial charge >= 0.3 is 5.69 Å². The Morgan fingerprint density at radius 3 is 2.48 bits per heavy atom. The largest absolute Gasteiger partial charge is 0.494 e. The van der Waals surface area contributed by atoms with E-state index in [-0.39, 0.29) is 17.4 Å². The number of para-hydroxylation sites is 1. The fourth-order valence-corrected chi connectivity index (χ4v) is 3.19. The number of anilines is 2. The van der Waals surface area contributed by atoms with Gasteiger partial charge in [0.2, 0.25) is 11.8 Å². The molecule has 0 saturated carbocycles. The Bertz CT molecular complexity index is 1240. The number of halogens is 1. The van der Waals surface area contributed by atoms with E-state index >= 15 is 0 Å². The van der Waals surface area contributed by atoms with Gasteiger partial charge in [0.25, 0.3) is 0 Å². The number of methoxy groups -OCH3 is 1. The highest BCUT2D eigenvalue weighted by Crippen LogP contribution is 2.34. The second kappa shape index (κ2) is 11.6. The third-order valence-corrected chi connectivity index (χ3v) is 4.54. The van der Waals surface area contributed by atoms with Crippen LogP contribution in [0.15, 0.2) is 54.9 Å². The van der Waals surface area contributed by atoms with Crippen LogP contribution >= 0.6 is 0 Å². The summed E-state index contributed by atoms with van der Waals surface area (Å²) in [6, 6.07) is 11.7. The van der Waals surface area contributed by atoms with Crippen LogP contribution in [-0.4, -0.2) is 26.6 Å². The van der Waals surface area contributed by atoms with E-state index in [2.05, 4.69) is 15.3 Å². The van der Waals surface area contributed by atoms with Crippen LogP contribution in [0, 0.1) is 15.9 Å². The van der Waals surface area contributed by atoms with E-state index in [1.165, 1.54) is 7.11 Å². The van der Waals surface area contributed by atoms with Crippen LogP contribution in [0.25, 0.3) is 22.2 Å². The molecule has 2 heterocycles. The molecule has 0 aliphatic rings. The number of rotatable bonds is 5. The second-order valence-corrected chi connectivity index (χ2v) is 6.32. The lowest BCUT2D eigenvalue weighted by Gasteiger charge is -2.11. The Balaban J connectivity index is 0.000000914. The molecule has 0 saturated heterocycles. The molecule has 0 amide bonds. The Hall–Kier alpha value is -4.01. The van der Waals surface area contributed by atoms with E-state index in [0.717, 1.165) is 28.6 Å². The number of nitro benzene ring substituents is 1. The average Bonchev–Trinajstić information content (AvgIpc) is 3.19. The number of benzene rings is 2. The molecule has 0 aliphatic heterocycles. The van der Waals surface area contributed by atoms with Gasteiger partial charge in [-0.1, -0.05) is 45.9 Å². The van der Waals surface area contributed by atoms with Crippen molar-refractivity contribution in [2.45, 2.75) is 27.7 Å². The second-order valence-electron chi connectivity index (χ2n) is 6.32. The first-order valence-corrected chi connectivity index (χ1v) is 10.6. The van der Waals surface area contributed by atoms with Gasteiger partial charge in [-0.05, 0) is 12.1 Å². The smallest absolute Gasteiger partial charge is 0.307 e. The van der Waals surface area contributed by atoms with Crippen molar-refractivity contribution in [2.75, 3.05) is 12.4 Å². The van der Waals surface area contributed by atoms with Crippen LogP contribution in [0.4, 0.5) is 21.7 Å². The molecular weight excluding hydrogens is 425 g/mol. The van der Waals surface area contributed by atoms with Crippen LogP contribution in [-0.2, 0) is 7.05 Å². The van der Waals surface area contributed by atoms with Crippen LogP contribution in [0.3, 0.4) is 0 Å². The Kier molecular flexibility index (Phi) is 8.85. The monoisotopic (exact) mass is 453 g/mol. The third kappa shape index (κ3) is 5.43. The lowest BCUT2D eigenvalue weighted by Crippen LogP contribution is -2.02. The van der Waals surface area contributed by atoms with Crippen molar-refractivity contribution in [1.82, 2.24) is 14.5 Å². The van der Waals surface area contributed by atoms with Crippen LogP contribution in [0.2, 0.25) is 0 Å². The number of nitrogens with one attached hydrogen (secondary N) is 1. The summed E-state index contributed by atoms with van der Waals surface area (Å²) < 4.78 is 21.0. The summed E-state index contributed by atoms with van der Waals surface area (Å²) in [5.41, 5.74) is 2.18. The van der Waals surface area contributed by atoms with Crippen LogP contribution < -0.4 is 10.1 Å². The molecule has 1 N–H and O–H groups in total. The number of ether oxygens (including phenoxy) is 1. The van der Waals surface area contributed by atoms with Crippen molar-refractivity contribution >= 4 is 28.2 Å². The summed E-state index contributed by atoms with van der Waals surface area (Å²) in [6.07, 6.45) is 3.55. The topological polar surface area (TPSA) is 95.1 Å². The number of nitrogens with zero attached hydrogens (tertiary/aromatic N) is 4. The Morgan fingerprint density at radius 1 is 1.12 bits per heavy atom. The van der Waals surface area contributed by atoms with Crippen molar-refractivity contribution < 1.29 is 14.1 Å². The number of hydrogen-bond donors (Lipinski definition) is 1. The molecule has 33 heavy (non-hydrogen) atoms. The van der Waals surface area contributed by atoms with Crippen LogP contribution in [0.5, 0.6) is 5.75 Å². The zero-order chi connectivity index (χ0) is 24.5. The van der Waals surface area contributed by atoms with Crippen molar-refractivity contribution in [1.29, 1.82) is 0 Å². The molecule has 2 aromatic heterocycles. The van der Waals surface area contributed by atoms with Gasteiger partial charge in [-0.15, -0.1) is 0 Å². The lowest BCUT2D eigenvalue weighted by atomic mass is 10.1. The Labute approximate surface area is 192 Å². The maximum atomic E-state index is 13.9. The first kappa shape index (κ1) is 25.3. The molecule has 0 bridgehead atoms. The van der Waals surface area contributed by atoms with Gasteiger partial charge in [0.05, 0.1) is 23.4 Å². The number of hydrogen-bond acceptors (Lipinski definition) is 6. The molecule has 0 spiro atoms. The lowest BCUT2D eigenvalue weighted by molar-refractivity contribution is -0.387. The molecule has 0 unspecified atom stereocenters. The standard InChI is InChI=1S/C20H16FN5O3.2C2H6/c1-25-11-13(12-5-3-4-6-17(12)25)15-7-8-22-20(23-15)24-16-10-18(26(27)28)14(21)9-19(16)29-2;2*1-2/h3-11H,1-2H3,(H,22,23,24);2*1-2H3. The third-order valence-electron chi connectivity index (χ3n) is 4.54. The molecule has 0 aliphatic carbocycles. The van der Waals surface area contributed by atoms with E-state index in [0.29, 0.717) is 5.69 Å². The molecule has 0 radical (unpaired) electrons. The molecule has 0 atom stereocenters. The Morgan fingerprint density at radius 2 is 1.82 bits per heavy atom. The molecule has 4 aromatic rings. The number of aryl methyl sites for hydroxylation is 1. The number of fused-ring (bicyclic) bond motifs is 1. The molecule has 9 heteroatoms. The van der Waals surface area contributed by atoms with E-state index in [1.807, 2.05) is 69.8 Å². The van der Waals surface area contributed by atoms with Gasteiger partial charge in [-0.3, -0.25) is 10.1 Å². The van der Waals surface area contributed by atoms with E-state index in [9.17, 15) is 14.5 Å². The minimum absolute atomic E-state index is 0.104. The van der Waals surface area contributed by atoms with Crippen molar-refractivity contribution in [3.05, 3.63) is 70.8 Å². The van der Waals surface area contributed by atoms with Gasteiger partial charge in [0.1, 0.15) is 5.75 Å². The highest BCUT2D eigenvalue weighted by Gasteiger charge is 2.20. The number of aromatic nitrogens is 3. The van der Waals surface area contributed by atoms with E-state index < -0.39 is 16.4 Å². The van der Waals surface area contributed by atoms with Gasteiger partial charge in [0.15, 0.2) is 0 Å². The minimum Gasteiger partial charge on any atom is -0.494 e. The fourth-order valence-electron chi connectivity index (χ4n) is 3.19. The summed E-state index contributed by atoms with van der Waals surface area (Å²) in [5, 5.41) is 15.0. The van der Waals surface area contributed by atoms with E-state index in [1.54, 1.807) is 12.3 Å². The first-order chi connectivity index (χ1) is 16.0. The zero-order valence-electron chi connectivity index (χ0n) is 19.6. The quantitative estimate of drug-likeness (QED) is 0.274. The average molecular weight is 454 g/mol. The minimum atomic E-state index is -0.983. The fraction of sp³-hybridized carbons (Fsp3) is 0.250. The summed E-state index contributed by atoms with van der Waals surface area (Å²) in [4.78, 5) is 18.9. The van der Waals surface area contributed by atoms with Crippen molar-refractivity contribution in [2.24, 2.45) is 7.05 Å². The number of nitro groups is 1. The molecule has 2 aromatic carbocycles. The maximum absolute atomic E-state index is 13.9. The highest BCUT2D eigenvalue weighted by atomic mass is 19.1. The summed E-state index contributed by atoms with van der Waals surface area (Å²) in [5.74, 6) is -0.676. The van der Waals surface area contributed by atoms with Gasteiger partial charge in [-0.25, -0.2) is 9.97 Å². The van der Waals surface area contributed by atoms with Gasteiger partial charge < -0.3 is 14.6 Å². The van der Waals surface area contributed by atoms with Gasteiger partial charge in [0, 0.05) is 48.0 Å². The first-order valence-electron chi connectivity index (χ1n) is 10.6. The molecule has 4 rings (SSSR count). The van der Waals surface area contributed by atoms with E-state index in [4.69, 9.17) is 4.74 Å². The summed E-state index contributed by atoms with van der Waals surface area (Å²) >= 11 is 0. The van der Waals surface area contributed by atoms with Crippen molar-refractivity contribution in [3.8, 4) is 17.0 Å². The maximum Gasteiger partial charge on any atom is 0.307 e. The molecule has 0 fully saturated rings.